The molecule has 1 atom stereocenters. The minimum Gasteiger partial charge on any atom is -0.493 e. The first kappa shape index (κ1) is 20.4. The van der Waals surface area contributed by atoms with Crippen molar-refractivity contribution < 1.29 is 28.5 Å². The molecule has 148 valence electrons. The predicted molar refractivity (Wildman–Crippen MR) is 99.1 cm³/mol. The molecule has 8 heteroatoms. The van der Waals surface area contributed by atoms with Crippen LogP contribution in [0.25, 0.3) is 0 Å². The molecule has 1 aromatic carbocycles. The fourth-order valence-corrected chi connectivity index (χ4v) is 2.84. The molecule has 1 aliphatic rings. The first-order valence-electron chi connectivity index (χ1n) is 8.80. The number of esters is 1. The van der Waals surface area contributed by atoms with Crippen molar-refractivity contribution in [2.45, 2.75) is 33.2 Å². The van der Waals surface area contributed by atoms with E-state index in [0.717, 1.165) is 6.42 Å². The van der Waals surface area contributed by atoms with Gasteiger partial charge in [-0.1, -0.05) is 6.92 Å². The maximum atomic E-state index is 12.5. The third-order valence-corrected chi connectivity index (χ3v) is 4.03. The Balaban J connectivity index is 2.55. The Labute approximate surface area is 158 Å². The van der Waals surface area contributed by atoms with Crippen molar-refractivity contribution in [3.05, 3.63) is 29.0 Å². The smallest absolute Gasteiger partial charge is 0.338 e. The summed E-state index contributed by atoms with van der Waals surface area (Å²) >= 11 is 0. The maximum absolute atomic E-state index is 12.5. The van der Waals surface area contributed by atoms with Crippen LogP contribution in [0, 0.1) is 0 Å². The Bertz CT molecular complexity index is 719. The van der Waals surface area contributed by atoms with Crippen LogP contribution in [-0.2, 0) is 9.53 Å². The molecule has 2 N–H and O–H groups in total. The normalized spacial score (nSPS) is 16.3. The number of carbonyl (C=O) groups excluding carboxylic acids is 2. The number of allylic oxidation sites excluding steroid dienone is 1. The van der Waals surface area contributed by atoms with E-state index in [1.165, 1.54) is 14.2 Å². The minimum absolute atomic E-state index is 0.229. The van der Waals surface area contributed by atoms with Gasteiger partial charge >= 0.3 is 12.0 Å². The van der Waals surface area contributed by atoms with Gasteiger partial charge in [0.2, 0.25) is 5.75 Å². The number of ether oxygens (including phenoxy) is 4. The van der Waals surface area contributed by atoms with E-state index in [1.54, 1.807) is 26.0 Å². The maximum Gasteiger partial charge on any atom is 0.338 e. The molecule has 0 radical (unpaired) electrons. The molecular weight excluding hydrogens is 352 g/mol. The lowest BCUT2D eigenvalue weighted by atomic mass is 9.95. The van der Waals surface area contributed by atoms with Crippen molar-refractivity contribution >= 4 is 12.0 Å². The minimum atomic E-state index is -0.708. The standard InChI is InChI=1S/C19H26N2O6/c1-6-8-27-17-13(24-4)9-12(10-14(17)25-5)16-15(18(22)26-7-2)11(3)20-19(23)21-16/h9-10,16H,6-8H2,1-5H3,(H2,20,21,23). The van der Waals surface area contributed by atoms with Gasteiger partial charge < -0.3 is 29.6 Å². The van der Waals surface area contributed by atoms with Crippen LogP contribution in [0.1, 0.15) is 38.8 Å². The second-order valence-corrected chi connectivity index (χ2v) is 5.89. The molecule has 27 heavy (non-hydrogen) atoms. The summed E-state index contributed by atoms with van der Waals surface area (Å²) in [7, 11) is 3.04. The predicted octanol–water partition coefficient (Wildman–Crippen LogP) is 2.68. The molecule has 0 spiro atoms. The van der Waals surface area contributed by atoms with Gasteiger partial charge in [0.05, 0.1) is 39.0 Å². The summed E-state index contributed by atoms with van der Waals surface area (Å²) in [4.78, 5) is 24.5. The van der Waals surface area contributed by atoms with Gasteiger partial charge in [-0.05, 0) is 38.0 Å². The fraction of sp³-hybridized carbons (Fsp3) is 0.474. The molecule has 1 heterocycles. The number of nitrogens with one attached hydrogen (secondary N) is 2. The van der Waals surface area contributed by atoms with Crippen molar-refractivity contribution in [2.75, 3.05) is 27.4 Å². The van der Waals surface area contributed by atoms with Crippen LogP contribution in [0.4, 0.5) is 4.79 Å². The van der Waals surface area contributed by atoms with Crippen molar-refractivity contribution in [3.63, 3.8) is 0 Å². The molecule has 0 bridgehead atoms. The molecule has 0 aromatic heterocycles. The average molecular weight is 378 g/mol. The zero-order chi connectivity index (χ0) is 20.0. The number of amides is 2. The third kappa shape index (κ3) is 4.45. The summed E-state index contributed by atoms with van der Waals surface area (Å²) in [5.41, 5.74) is 1.37. The molecular formula is C19H26N2O6. The van der Waals surface area contributed by atoms with Gasteiger partial charge in [0.15, 0.2) is 11.5 Å². The van der Waals surface area contributed by atoms with Crippen LogP contribution >= 0.6 is 0 Å². The summed E-state index contributed by atoms with van der Waals surface area (Å²) in [6.07, 6.45) is 0.827. The number of carbonyl (C=O) groups is 2. The summed E-state index contributed by atoms with van der Waals surface area (Å²) in [6.45, 7) is 6.11. The van der Waals surface area contributed by atoms with Gasteiger partial charge in [0.25, 0.3) is 0 Å². The zero-order valence-electron chi connectivity index (χ0n) is 16.3. The summed E-state index contributed by atoms with van der Waals surface area (Å²) < 4.78 is 21.8. The van der Waals surface area contributed by atoms with Crippen LogP contribution < -0.4 is 24.8 Å². The first-order chi connectivity index (χ1) is 13.0. The Morgan fingerprint density at radius 1 is 1.15 bits per heavy atom. The average Bonchev–Trinajstić information content (AvgIpc) is 2.65. The lowest BCUT2D eigenvalue weighted by Crippen LogP contribution is -2.45. The van der Waals surface area contributed by atoms with Gasteiger partial charge in [0.1, 0.15) is 0 Å². The Hall–Kier alpha value is -2.90. The molecule has 0 saturated carbocycles. The van der Waals surface area contributed by atoms with Crippen molar-refractivity contribution in [1.82, 2.24) is 10.6 Å². The van der Waals surface area contributed by atoms with Gasteiger partial charge in [-0.3, -0.25) is 0 Å². The van der Waals surface area contributed by atoms with E-state index in [4.69, 9.17) is 18.9 Å². The van der Waals surface area contributed by atoms with Crippen molar-refractivity contribution in [1.29, 1.82) is 0 Å². The molecule has 1 aliphatic heterocycles. The third-order valence-electron chi connectivity index (χ3n) is 4.03. The summed E-state index contributed by atoms with van der Waals surface area (Å²) in [5, 5.41) is 5.36. The van der Waals surface area contributed by atoms with Crippen LogP contribution in [0.15, 0.2) is 23.4 Å². The monoisotopic (exact) mass is 378 g/mol. The van der Waals surface area contributed by atoms with Crippen molar-refractivity contribution in [3.8, 4) is 17.2 Å². The largest absolute Gasteiger partial charge is 0.493 e. The van der Waals surface area contributed by atoms with Crippen LogP contribution in [-0.4, -0.2) is 39.4 Å². The number of rotatable bonds is 8. The van der Waals surface area contributed by atoms with Gasteiger partial charge in [-0.25, -0.2) is 9.59 Å². The van der Waals surface area contributed by atoms with Gasteiger partial charge in [-0.15, -0.1) is 0 Å². The van der Waals surface area contributed by atoms with E-state index in [1.807, 2.05) is 6.92 Å². The van der Waals surface area contributed by atoms with E-state index in [0.29, 0.717) is 40.7 Å². The highest BCUT2D eigenvalue weighted by Crippen LogP contribution is 2.42. The summed E-state index contributed by atoms with van der Waals surface area (Å²) in [6, 6.07) is 2.32. The molecule has 1 aromatic rings. The van der Waals surface area contributed by atoms with E-state index in [2.05, 4.69) is 10.6 Å². The topological polar surface area (TPSA) is 95.1 Å². The van der Waals surface area contributed by atoms with Crippen LogP contribution in [0.5, 0.6) is 17.2 Å². The first-order valence-corrected chi connectivity index (χ1v) is 8.80. The number of benzene rings is 1. The number of urea groups is 1. The number of methoxy groups -OCH3 is 2. The molecule has 2 amide bonds. The highest BCUT2D eigenvalue weighted by molar-refractivity contribution is 5.95. The fourth-order valence-electron chi connectivity index (χ4n) is 2.84. The van der Waals surface area contributed by atoms with E-state index in [-0.39, 0.29) is 6.61 Å². The second-order valence-electron chi connectivity index (χ2n) is 5.89. The lowest BCUT2D eigenvalue weighted by molar-refractivity contribution is -0.139. The quantitative estimate of drug-likeness (QED) is 0.676. The highest BCUT2D eigenvalue weighted by Gasteiger charge is 2.33. The zero-order valence-corrected chi connectivity index (χ0v) is 16.3. The summed E-state index contributed by atoms with van der Waals surface area (Å²) in [5.74, 6) is 0.874. The Morgan fingerprint density at radius 2 is 1.78 bits per heavy atom. The van der Waals surface area contributed by atoms with Crippen LogP contribution in [0.2, 0.25) is 0 Å². The molecule has 1 unspecified atom stereocenters. The number of hydrogen-bond acceptors (Lipinski definition) is 6. The molecule has 0 fully saturated rings. The number of hydrogen-bond donors (Lipinski definition) is 2. The Kier molecular flexibility index (Phi) is 6.92. The van der Waals surface area contributed by atoms with E-state index >= 15 is 0 Å². The molecule has 2 rings (SSSR count). The van der Waals surface area contributed by atoms with Crippen molar-refractivity contribution in [2.24, 2.45) is 0 Å². The molecule has 0 saturated heterocycles. The van der Waals surface area contributed by atoms with Gasteiger partial charge in [0, 0.05) is 5.70 Å². The van der Waals surface area contributed by atoms with Crippen LogP contribution in [0.3, 0.4) is 0 Å². The highest BCUT2D eigenvalue weighted by atomic mass is 16.5. The molecule has 8 nitrogen and oxygen atoms in total. The Morgan fingerprint density at radius 3 is 2.30 bits per heavy atom. The second kappa shape index (κ2) is 9.16. The van der Waals surface area contributed by atoms with E-state index < -0.39 is 18.0 Å². The lowest BCUT2D eigenvalue weighted by Gasteiger charge is -2.29. The van der Waals surface area contributed by atoms with E-state index in [9.17, 15) is 9.59 Å². The van der Waals surface area contributed by atoms with Gasteiger partial charge in [-0.2, -0.15) is 0 Å². The molecule has 0 aliphatic carbocycles. The SMILES string of the molecule is CCCOc1c(OC)cc(C2NC(=O)NC(C)=C2C(=O)OCC)cc1OC.